The van der Waals surface area contributed by atoms with E-state index in [2.05, 4.69) is 67.0 Å². The number of benzene rings is 1. The Balaban J connectivity index is 0.00000144. The summed E-state index contributed by atoms with van der Waals surface area (Å²) in [6, 6.07) is 8.54. The predicted molar refractivity (Wildman–Crippen MR) is 75.7 cm³/mol. The van der Waals surface area contributed by atoms with Crippen LogP contribution >= 0.6 is 12.4 Å². The van der Waals surface area contributed by atoms with E-state index in [-0.39, 0.29) is 12.4 Å². The molecule has 1 aromatic carbocycles. The van der Waals surface area contributed by atoms with Crippen LogP contribution in [0.2, 0.25) is 0 Å². The summed E-state index contributed by atoms with van der Waals surface area (Å²) in [4.78, 5) is 4.53. The molecular weight excluding hydrogens is 232 g/mol. The first-order valence-electron chi connectivity index (χ1n) is 5.58. The van der Waals surface area contributed by atoms with E-state index in [0.717, 1.165) is 6.54 Å². The molecule has 2 nitrogen and oxygen atoms in total. The van der Waals surface area contributed by atoms with Gasteiger partial charge in [-0.1, -0.05) is 36.9 Å². The summed E-state index contributed by atoms with van der Waals surface area (Å²) in [6.45, 7) is 6.92. The van der Waals surface area contributed by atoms with Crippen LogP contribution in [0, 0.1) is 0 Å². The summed E-state index contributed by atoms with van der Waals surface area (Å²) < 4.78 is 0. The topological polar surface area (TPSA) is 6.48 Å². The molecule has 17 heavy (non-hydrogen) atoms. The lowest BCUT2D eigenvalue weighted by Crippen LogP contribution is -2.32. The number of hydrogen-bond acceptors (Lipinski definition) is 2. The Morgan fingerprint density at radius 1 is 1.24 bits per heavy atom. The molecule has 0 amide bonds. The van der Waals surface area contributed by atoms with Gasteiger partial charge in [0.1, 0.15) is 0 Å². The molecule has 0 N–H and O–H groups in total. The van der Waals surface area contributed by atoms with E-state index >= 15 is 0 Å². The van der Waals surface area contributed by atoms with E-state index < -0.39 is 0 Å². The van der Waals surface area contributed by atoms with Gasteiger partial charge in [0, 0.05) is 26.0 Å². The van der Waals surface area contributed by atoms with Crippen LogP contribution in [0.3, 0.4) is 0 Å². The lowest BCUT2D eigenvalue weighted by Gasteiger charge is -2.27. The first-order chi connectivity index (χ1) is 7.70. The average molecular weight is 251 g/mol. The number of hydrogen-bond donors (Lipinski definition) is 0. The summed E-state index contributed by atoms with van der Waals surface area (Å²) in [6.07, 6.45) is 6.57. The molecule has 0 saturated carbocycles. The maximum absolute atomic E-state index is 3.76. The predicted octanol–water partition coefficient (Wildman–Crippen LogP) is 3.32. The monoisotopic (exact) mass is 250 g/mol. The smallest absolute Gasteiger partial charge is 0.0978 e. The molecule has 0 radical (unpaired) electrons. The fraction of sp³-hybridized carbons (Fsp3) is 0.286. The minimum atomic E-state index is 0. The Morgan fingerprint density at radius 3 is 2.35 bits per heavy atom. The second-order valence-electron chi connectivity index (χ2n) is 4.21. The van der Waals surface area contributed by atoms with Crippen molar-refractivity contribution in [2.75, 3.05) is 7.05 Å². The average Bonchev–Trinajstić information content (AvgIpc) is 2.62. The van der Waals surface area contributed by atoms with Gasteiger partial charge in [0.05, 0.1) is 6.17 Å². The molecule has 1 aliphatic heterocycles. The second kappa shape index (κ2) is 5.78. The number of halogens is 1. The van der Waals surface area contributed by atoms with Gasteiger partial charge in [-0.25, -0.2) is 0 Å². The van der Waals surface area contributed by atoms with Gasteiger partial charge in [0.25, 0.3) is 0 Å². The van der Waals surface area contributed by atoms with Crippen LogP contribution in [0.5, 0.6) is 0 Å². The van der Waals surface area contributed by atoms with Crippen LogP contribution in [-0.2, 0) is 6.54 Å². The fourth-order valence-electron chi connectivity index (χ4n) is 1.83. The summed E-state index contributed by atoms with van der Waals surface area (Å²) in [5.74, 6) is 0. The zero-order chi connectivity index (χ0) is 11.5. The Kier molecular flexibility index (Phi) is 4.64. The Morgan fingerprint density at radius 2 is 1.88 bits per heavy atom. The summed E-state index contributed by atoms with van der Waals surface area (Å²) in [5.41, 5.74) is 2.50. The van der Waals surface area contributed by atoms with Crippen LogP contribution in [0.4, 0.5) is 0 Å². The summed E-state index contributed by atoms with van der Waals surface area (Å²) in [5, 5.41) is 0. The molecule has 0 spiro atoms. The van der Waals surface area contributed by atoms with Crippen molar-refractivity contribution in [3.8, 4) is 0 Å². The molecule has 92 valence electrons. The third kappa shape index (κ3) is 3.04. The largest absolute Gasteiger partial charge is 0.359 e. The highest BCUT2D eigenvalue weighted by molar-refractivity contribution is 5.85. The van der Waals surface area contributed by atoms with Crippen molar-refractivity contribution in [3.63, 3.8) is 0 Å². The zero-order valence-electron chi connectivity index (χ0n) is 10.3. The van der Waals surface area contributed by atoms with Gasteiger partial charge < -0.3 is 9.80 Å². The molecule has 0 aliphatic carbocycles. The van der Waals surface area contributed by atoms with Crippen LogP contribution in [0.1, 0.15) is 18.1 Å². The Labute approximate surface area is 110 Å². The minimum Gasteiger partial charge on any atom is -0.359 e. The molecule has 3 heteroatoms. The van der Waals surface area contributed by atoms with Gasteiger partial charge in [0.2, 0.25) is 0 Å². The first kappa shape index (κ1) is 13.7. The molecule has 1 atom stereocenters. The molecule has 0 bridgehead atoms. The molecule has 1 unspecified atom stereocenters. The quantitative estimate of drug-likeness (QED) is 0.812. The van der Waals surface area contributed by atoms with Gasteiger partial charge >= 0.3 is 0 Å². The normalized spacial score (nSPS) is 18.1. The maximum atomic E-state index is 3.76. The molecule has 0 fully saturated rings. The van der Waals surface area contributed by atoms with Crippen LogP contribution in [0.25, 0.3) is 6.08 Å². The van der Waals surface area contributed by atoms with Crippen molar-refractivity contribution in [1.29, 1.82) is 0 Å². The Hall–Kier alpha value is -1.41. The molecule has 1 heterocycles. The van der Waals surface area contributed by atoms with Gasteiger partial charge in [0.15, 0.2) is 0 Å². The maximum Gasteiger partial charge on any atom is 0.0978 e. The number of nitrogens with zero attached hydrogens (tertiary/aromatic N) is 2. The van der Waals surface area contributed by atoms with Crippen molar-refractivity contribution in [1.82, 2.24) is 9.80 Å². The highest BCUT2D eigenvalue weighted by Crippen LogP contribution is 2.17. The fourth-order valence-corrected chi connectivity index (χ4v) is 1.83. The molecule has 0 saturated heterocycles. The molecule has 2 rings (SSSR count). The third-order valence-corrected chi connectivity index (χ3v) is 3.14. The van der Waals surface area contributed by atoms with E-state index in [4.69, 9.17) is 0 Å². The standard InChI is InChI=1S/C14H18N2.ClH/c1-4-13-5-7-14(8-6-13)11-16-10-9-15(3)12(16)2;/h4-10,12H,1,11H2,2-3H3;1H. The van der Waals surface area contributed by atoms with E-state index in [1.165, 1.54) is 11.1 Å². The van der Waals surface area contributed by atoms with Gasteiger partial charge in [-0.2, -0.15) is 0 Å². The molecule has 1 aromatic rings. The van der Waals surface area contributed by atoms with E-state index in [0.29, 0.717) is 6.17 Å². The van der Waals surface area contributed by atoms with Gasteiger partial charge in [-0.15, -0.1) is 12.4 Å². The summed E-state index contributed by atoms with van der Waals surface area (Å²) in [7, 11) is 2.10. The van der Waals surface area contributed by atoms with E-state index in [1.807, 2.05) is 6.08 Å². The third-order valence-electron chi connectivity index (χ3n) is 3.14. The lowest BCUT2D eigenvalue weighted by molar-refractivity contribution is 0.189. The van der Waals surface area contributed by atoms with E-state index in [1.54, 1.807) is 0 Å². The van der Waals surface area contributed by atoms with Crippen LogP contribution < -0.4 is 0 Å². The Bertz CT molecular complexity index is 397. The zero-order valence-corrected chi connectivity index (χ0v) is 11.2. The highest BCUT2D eigenvalue weighted by atomic mass is 35.5. The van der Waals surface area contributed by atoms with Gasteiger partial charge in [-0.3, -0.25) is 0 Å². The molecule has 1 aliphatic rings. The minimum absolute atomic E-state index is 0. The van der Waals surface area contributed by atoms with Gasteiger partial charge in [-0.05, 0) is 18.1 Å². The SMILES string of the molecule is C=Cc1ccc(CN2C=CN(C)C2C)cc1.Cl. The molecule has 0 aromatic heterocycles. The van der Waals surface area contributed by atoms with Crippen molar-refractivity contribution in [2.24, 2.45) is 0 Å². The first-order valence-corrected chi connectivity index (χ1v) is 5.58. The second-order valence-corrected chi connectivity index (χ2v) is 4.21. The van der Waals surface area contributed by atoms with Crippen molar-refractivity contribution < 1.29 is 0 Å². The van der Waals surface area contributed by atoms with Crippen molar-refractivity contribution in [3.05, 3.63) is 54.4 Å². The van der Waals surface area contributed by atoms with E-state index in [9.17, 15) is 0 Å². The summed E-state index contributed by atoms with van der Waals surface area (Å²) >= 11 is 0. The van der Waals surface area contributed by atoms with Crippen molar-refractivity contribution >= 4 is 18.5 Å². The highest BCUT2D eigenvalue weighted by Gasteiger charge is 2.17. The van der Waals surface area contributed by atoms with Crippen LogP contribution in [-0.4, -0.2) is 23.0 Å². The lowest BCUT2D eigenvalue weighted by atomic mass is 10.1. The van der Waals surface area contributed by atoms with Crippen molar-refractivity contribution in [2.45, 2.75) is 19.6 Å². The van der Waals surface area contributed by atoms with Crippen LogP contribution in [0.15, 0.2) is 43.2 Å². The molecular formula is C14H19ClN2. The number of rotatable bonds is 3.